The van der Waals surface area contributed by atoms with Crippen molar-refractivity contribution in [1.82, 2.24) is 0 Å². The molecule has 0 saturated carbocycles. The Hall–Kier alpha value is -2.03. The summed E-state index contributed by atoms with van der Waals surface area (Å²) in [6.07, 6.45) is -2.66. The zero-order valence-electron chi connectivity index (χ0n) is 10.7. The van der Waals surface area contributed by atoms with Crippen molar-refractivity contribution in [3.05, 3.63) is 23.8 Å². The lowest BCUT2D eigenvalue weighted by Crippen LogP contribution is -2.35. The van der Waals surface area contributed by atoms with Gasteiger partial charge in [-0.2, -0.15) is 17.6 Å². The molecule has 0 aliphatic carbocycles. The molecule has 1 unspecified atom stereocenters. The van der Waals surface area contributed by atoms with Crippen LogP contribution in [-0.4, -0.2) is 35.3 Å². The molecular weight excluding hydrogens is 300 g/mol. The second-order valence-corrected chi connectivity index (χ2v) is 3.85. The number of halogens is 4. The highest BCUT2D eigenvalue weighted by Gasteiger charge is 2.47. The lowest BCUT2D eigenvalue weighted by molar-refractivity contribution is -0.182. The summed E-state index contributed by atoms with van der Waals surface area (Å²) in [5.74, 6) is -7.67. The number of rotatable bonds is 7. The topological polar surface area (TPSA) is 76.0 Å². The number of aliphatic hydroxyl groups is 1. The molecule has 0 bridgehead atoms. The van der Waals surface area contributed by atoms with Crippen molar-refractivity contribution < 1.29 is 42.0 Å². The predicted molar refractivity (Wildman–Crippen MR) is 61.8 cm³/mol. The smallest absolute Gasteiger partial charge is 0.387 e. The fraction of sp³-hybridized carbons (Fsp3) is 0.417. The summed E-state index contributed by atoms with van der Waals surface area (Å²) in [7, 11) is 0. The molecule has 0 amide bonds. The van der Waals surface area contributed by atoms with Crippen molar-refractivity contribution in [3.63, 3.8) is 0 Å². The van der Waals surface area contributed by atoms with Gasteiger partial charge in [0.15, 0.2) is 17.6 Å². The van der Waals surface area contributed by atoms with E-state index in [1.165, 1.54) is 6.92 Å². The van der Waals surface area contributed by atoms with E-state index in [4.69, 9.17) is 9.84 Å². The minimum absolute atomic E-state index is 0.0223. The third-order valence-corrected chi connectivity index (χ3v) is 2.43. The summed E-state index contributed by atoms with van der Waals surface area (Å²) < 4.78 is 59.8. The fourth-order valence-corrected chi connectivity index (χ4v) is 1.48. The quantitative estimate of drug-likeness (QED) is 0.756. The summed E-state index contributed by atoms with van der Waals surface area (Å²) in [4.78, 5) is 10.4. The van der Waals surface area contributed by atoms with Crippen molar-refractivity contribution in [1.29, 1.82) is 0 Å². The third kappa shape index (κ3) is 3.97. The van der Waals surface area contributed by atoms with Crippen LogP contribution in [0.4, 0.5) is 17.6 Å². The van der Waals surface area contributed by atoms with Crippen LogP contribution in [0.1, 0.15) is 18.6 Å². The molecule has 0 saturated heterocycles. The maximum atomic E-state index is 13.2. The van der Waals surface area contributed by atoms with Crippen LogP contribution in [-0.2, 0) is 4.79 Å². The maximum Gasteiger partial charge on any atom is 0.387 e. The molecule has 2 N–H and O–H groups in total. The second-order valence-electron chi connectivity index (χ2n) is 3.85. The highest BCUT2D eigenvalue weighted by molar-refractivity contribution is 5.76. The van der Waals surface area contributed by atoms with Gasteiger partial charge in [0.05, 0.1) is 6.61 Å². The lowest BCUT2D eigenvalue weighted by atomic mass is 10.0. The Morgan fingerprint density at radius 1 is 1.33 bits per heavy atom. The van der Waals surface area contributed by atoms with Gasteiger partial charge in [-0.15, -0.1) is 0 Å². The van der Waals surface area contributed by atoms with E-state index in [-0.39, 0.29) is 12.4 Å². The largest absolute Gasteiger partial charge is 0.490 e. The fourth-order valence-electron chi connectivity index (χ4n) is 1.48. The number of aliphatic hydroxyl groups excluding tert-OH is 1. The van der Waals surface area contributed by atoms with Gasteiger partial charge >= 0.3 is 18.5 Å². The minimum atomic E-state index is -4.44. The third-order valence-electron chi connectivity index (χ3n) is 2.43. The number of aliphatic carboxylic acids is 1. The molecule has 0 aromatic heterocycles. The van der Waals surface area contributed by atoms with Gasteiger partial charge < -0.3 is 19.7 Å². The van der Waals surface area contributed by atoms with E-state index in [9.17, 15) is 27.5 Å². The highest BCUT2D eigenvalue weighted by Crippen LogP contribution is 2.37. The van der Waals surface area contributed by atoms with Gasteiger partial charge in [0.25, 0.3) is 0 Å². The first-order valence-corrected chi connectivity index (χ1v) is 5.71. The number of hydrogen-bond donors (Lipinski definition) is 2. The average Bonchev–Trinajstić information content (AvgIpc) is 2.39. The molecule has 0 spiro atoms. The first-order valence-electron chi connectivity index (χ1n) is 5.71. The molecule has 1 aromatic rings. The minimum Gasteiger partial charge on any atom is -0.490 e. The molecule has 0 fully saturated rings. The van der Waals surface area contributed by atoms with Crippen LogP contribution in [0.25, 0.3) is 0 Å². The van der Waals surface area contributed by atoms with Gasteiger partial charge in [0, 0.05) is 0 Å². The monoisotopic (exact) mass is 312 g/mol. The SMILES string of the molecule is CCOc1cc(C(O)C(F)(F)C(=O)O)ccc1OC(F)F. The first kappa shape index (κ1) is 17.0. The standard InChI is InChI=1S/C12H12F4O5/c1-2-20-8-5-6(3-4-7(8)21-11(13)14)9(17)12(15,16)10(18)19/h3-5,9,11,17H,2H2,1H3,(H,18,19). The highest BCUT2D eigenvalue weighted by atomic mass is 19.3. The Kier molecular flexibility index (Phi) is 5.36. The van der Waals surface area contributed by atoms with Crippen LogP contribution >= 0.6 is 0 Å². The molecular formula is C12H12F4O5. The Morgan fingerprint density at radius 2 is 1.95 bits per heavy atom. The maximum absolute atomic E-state index is 13.2. The summed E-state index contributed by atoms with van der Waals surface area (Å²) in [5.41, 5.74) is -0.507. The molecule has 21 heavy (non-hydrogen) atoms. The molecule has 0 heterocycles. The normalized spacial score (nSPS) is 13.1. The molecule has 0 aliphatic heterocycles. The molecule has 5 nitrogen and oxygen atoms in total. The van der Waals surface area contributed by atoms with Crippen molar-refractivity contribution in [3.8, 4) is 11.5 Å². The van der Waals surface area contributed by atoms with Crippen molar-refractivity contribution in [2.75, 3.05) is 6.61 Å². The van der Waals surface area contributed by atoms with E-state index in [2.05, 4.69) is 4.74 Å². The Labute approximate surface area is 116 Å². The second kappa shape index (κ2) is 6.61. The summed E-state index contributed by atoms with van der Waals surface area (Å²) in [6, 6.07) is 2.55. The van der Waals surface area contributed by atoms with Crippen LogP contribution in [0.15, 0.2) is 18.2 Å². The van der Waals surface area contributed by atoms with Crippen LogP contribution < -0.4 is 9.47 Å². The first-order chi connectivity index (χ1) is 9.70. The summed E-state index contributed by atoms with van der Waals surface area (Å²) in [6.45, 7) is -1.62. The van der Waals surface area contributed by atoms with Gasteiger partial charge in [-0.25, -0.2) is 4.79 Å². The molecule has 1 aromatic carbocycles. The molecule has 0 radical (unpaired) electrons. The van der Waals surface area contributed by atoms with Gasteiger partial charge in [-0.1, -0.05) is 6.07 Å². The number of carboxylic acids is 1. The van der Waals surface area contributed by atoms with Gasteiger partial charge in [-0.05, 0) is 24.6 Å². The average molecular weight is 312 g/mol. The number of carbonyl (C=O) groups is 1. The molecule has 118 valence electrons. The van der Waals surface area contributed by atoms with E-state index in [0.29, 0.717) is 0 Å². The number of hydrogen-bond acceptors (Lipinski definition) is 4. The molecule has 0 aliphatic rings. The zero-order chi connectivity index (χ0) is 16.2. The van der Waals surface area contributed by atoms with Gasteiger partial charge in [-0.3, -0.25) is 0 Å². The summed E-state index contributed by atoms with van der Waals surface area (Å²) in [5, 5.41) is 17.8. The van der Waals surface area contributed by atoms with E-state index in [1.54, 1.807) is 0 Å². The Balaban J connectivity index is 3.15. The van der Waals surface area contributed by atoms with Crippen LogP contribution in [0.2, 0.25) is 0 Å². The van der Waals surface area contributed by atoms with Crippen molar-refractivity contribution in [2.24, 2.45) is 0 Å². The van der Waals surface area contributed by atoms with Crippen LogP contribution in [0.3, 0.4) is 0 Å². The molecule has 9 heteroatoms. The predicted octanol–water partition coefficient (Wildman–Crippen LogP) is 2.44. The van der Waals surface area contributed by atoms with E-state index >= 15 is 0 Å². The number of benzene rings is 1. The zero-order valence-corrected chi connectivity index (χ0v) is 10.7. The lowest BCUT2D eigenvalue weighted by Gasteiger charge is -2.20. The molecule has 1 rings (SSSR count). The number of ether oxygens (including phenoxy) is 2. The van der Waals surface area contributed by atoms with Crippen LogP contribution in [0, 0.1) is 0 Å². The number of alkyl halides is 4. The van der Waals surface area contributed by atoms with Crippen LogP contribution in [0.5, 0.6) is 11.5 Å². The van der Waals surface area contributed by atoms with E-state index in [1.807, 2.05) is 0 Å². The number of carboxylic acid groups (broad SMARTS) is 1. The molecule has 1 atom stereocenters. The van der Waals surface area contributed by atoms with E-state index < -0.39 is 35.9 Å². The van der Waals surface area contributed by atoms with E-state index in [0.717, 1.165) is 18.2 Å². The summed E-state index contributed by atoms with van der Waals surface area (Å²) >= 11 is 0. The van der Waals surface area contributed by atoms with Crippen molar-refractivity contribution >= 4 is 5.97 Å². The van der Waals surface area contributed by atoms with Crippen molar-refractivity contribution in [2.45, 2.75) is 25.6 Å². The van der Waals surface area contributed by atoms with Gasteiger partial charge in [0.1, 0.15) is 0 Å². The Morgan fingerprint density at radius 3 is 2.43 bits per heavy atom. The van der Waals surface area contributed by atoms with Gasteiger partial charge in [0.2, 0.25) is 0 Å². The Bertz CT molecular complexity index is 506.